The molecule has 1 fully saturated rings. The van der Waals surface area contributed by atoms with E-state index in [1.165, 1.54) is 12.1 Å². The Morgan fingerprint density at radius 1 is 1.58 bits per heavy atom. The standard InChI is InChI=1S/C11H12FN3O3S/c12-8-3-10(7-16)15(6-8)19(17,18)11-2-1-9(4-13)14-5-11/h1-2,5,8,10,16H,3,6-7H2/t8-,10-/m0/s1. The van der Waals surface area contributed by atoms with E-state index in [9.17, 15) is 12.8 Å². The van der Waals surface area contributed by atoms with Crippen LogP contribution >= 0.6 is 0 Å². The van der Waals surface area contributed by atoms with E-state index in [1.807, 2.05) is 0 Å². The minimum Gasteiger partial charge on any atom is -0.395 e. The molecular formula is C11H12FN3O3S. The van der Waals surface area contributed by atoms with Crippen molar-refractivity contribution in [1.29, 1.82) is 5.26 Å². The molecule has 2 atom stereocenters. The zero-order valence-corrected chi connectivity index (χ0v) is 10.7. The monoisotopic (exact) mass is 285 g/mol. The molecule has 0 amide bonds. The second-order valence-corrected chi connectivity index (χ2v) is 6.13. The molecule has 8 heteroatoms. The van der Waals surface area contributed by atoms with Gasteiger partial charge in [-0.3, -0.25) is 0 Å². The average Bonchev–Trinajstić information content (AvgIpc) is 2.81. The van der Waals surface area contributed by atoms with E-state index >= 15 is 0 Å². The van der Waals surface area contributed by atoms with Crippen LogP contribution in [-0.2, 0) is 10.0 Å². The quantitative estimate of drug-likeness (QED) is 0.846. The third-order valence-electron chi connectivity index (χ3n) is 2.98. The van der Waals surface area contributed by atoms with Crippen molar-refractivity contribution in [1.82, 2.24) is 9.29 Å². The molecular weight excluding hydrogens is 273 g/mol. The number of nitrogens with zero attached hydrogens (tertiary/aromatic N) is 3. The number of pyridine rings is 1. The minimum absolute atomic E-state index is 0.0144. The van der Waals surface area contributed by atoms with Crippen LogP contribution in [0, 0.1) is 11.3 Å². The summed E-state index contributed by atoms with van der Waals surface area (Å²) < 4.78 is 38.8. The fourth-order valence-corrected chi connectivity index (χ4v) is 3.63. The molecule has 0 spiro atoms. The van der Waals surface area contributed by atoms with Crippen LogP contribution in [-0.4, -0.2) is 48.2 Å². The van der Waals surface area contributed by atoms with Crippen molar-refractivity contribution in [3.05, 3.63) is 24.0 Å². The molecule has 1 saturated heterocycles. The van der Waals surface area contributed by atoms with Gasteiger partial charge in [-0.15, -0.1) is 0 Å². The summed E-state index contributed by atoms with van der Waals surface area (Å²) in [6.45, 7) is -0.698. The highest BCUT2D eigenvalue weighted by molar-refractivity contribution is 7.89. The minimum atomic E-state index is -3.90. The number of rotatable bonds is 3. The third kappa shape index (κ3) is 2.58. The van der Waals surface area contributed by atoms with Gasteiger partial charge in [0.2, 0.25) is 10.0 Å². The number of aliphatic hydroxyl groups is 1. The number of sulfonamides is 1. The summed E-state index contributed by atoms with van der Waals surface area (Å²) in [5.41, 5.74) is 0.0995. The molecule has 2 heterocycles. The summed E-state index contributed by atoms with van der Waals surface area (Å²) >= 11 is 0. The van der Waals surface area contributed by atoms with Gasteiger partial charge in [0, 0.05) is 12.7 Å². The van der Waals surface area contributed by atoms with Crippen LogP contribution in [0.15, 0.2) is 23.2 Å². The van der Waals surface area contributed by atoms with Gasteiger partial charge in [-0.05, 0) is 18.6 Å². The number of hydrogen-bond acceptors (Lipinski definition) is 5. The van der Waals surface area contributed by atoms with Crippen LogP contribution in [0.4, 0.5) is 4.39 Å². The van der Waals surface area contributed by atoms with Gasteiger partial charge in [0.15, 0.2) is 0 Å². The van der Waals surface area contributed by atoms with E-state index in [0.29, 0.717) is 0 Å². The highest BCUT2D eigenvalue weighted by Crippen LogP contribution is 2.27. The maximum atomic E-state index is 13.3. The lowest BCUT2D eigenvalue weighted by atomic mass is 10.2. The van der Waals surface area contributed by atoms with Crippen molar-refractivity contribution < 1.29 is 17.9 Å². The van der Waals surface area contributed by atoms with E-state index in [2.05, 4.69) is 4.98 Å². The molecule has 1 aromatic heterocycles. The van der Waals surface area contributed by atoms with Gasteiger partial charge in [0.05, 0.1) is 12.6 Å². The van der Waals surface area contributed by atoms with E-state index in [1.54, 1.807) is 6.07 Å². The van der Waals surface area contributed by atoms with Crippen molar-refractivity contribution in [2.75, 3.05) is 13.2 Å². The molecule has 19 heavy (non-hydrogen) atoms. The Balaban J connectivity index is 2.34. The van der Waals surface area contributed by atoms with Crippen molar-refractivity contribution >= 4 is 10.0 Å². The Bertz CT molecular complexity index is 597. The number of aromatic nitrogens is 1. The third-order valence-corrected chi connectivity index (χ3v) is 4.88. The van der Waals surface area contributed by atoms with Crippen LogP contribution < -0.4 is 0 Å². The Morgan fingerprint density at radius 3 is 2.84 bits per heavy atom. The van der Waals surface area contributed by atoms with Gasteiger partial charge >= 0.3 is 0 Å². The van der Waals surface area contributed by atoms with Gasteiger partial charge in [-0.1, -0.05) is 0 Å². The van der Waals surface area contributed by atoms with Crippen LogP contribution in [0.5, 0.6) is 0 Å². The molecule has 0 aromatic carbocycles. The lowest BCUT2D eigenvalue weighted by Gasteiger charge is -2.21. The Kier molecular flexibility index (Phi) is 3.80. The zero-order valence-electron chi connectivity index (χ0n) is 9.90. The van der Waals surface area contributed by atoms with Crippen molar-refractivity contribution in [2.45, 2.75) is 23.5 Å². The predicted molar refractivity (Wildman–Crippen MR) is 63.2 cm³/mol. The molecule has 1 N–H and O–H groups in total. The first kappa shape index (κ1) is 13.9. The van der Waals surface area contributed by atoms with E-state index < -0.39 is 28.8 Å². The van der Waals surface area contributed by atoms with Gasteiger partial charge in [-0.25, -0.2) is 17.8 Å². The van der Waals surface area contributed by atoms with E-state index in [0.717, 1.165) is 10.5 Å². The topological polar surface area (TPSA) is 94.3 Å². The molecule has 1 aromatic rings. The largest absolute Gasteiger partial charge is 0.395 e. The summed E-state index contributed by atoms with van der Waals surface area (Å²) in [6.07, 6.45) is -0.230. The zero-order chi connectivity index (χ0) is 14.0. The SMILES string of the molecule is N#Cc1ccc(S(=O)(=O)N2C[C@@H](F)C[C@H]2CO)cn1. The second kappa shape index (κ2) is 5.21. The van der Waals surface area contributed by atoms with Crippen molar-refractivity contribution in [3.63, 3.8) is 0 Å². The first-order chi connectivity index (χ1) is 8.98. The van der Waals surface area contributed by atoms with Crippen molar-refractivity contribution in [2.24, 2.45) is 0 Å². The highest BCUT2D eigenvalue weighted by Gasteiger charge is 2.40. The maximum Gasteiger partial charge on any atom is 0.245 e. The molecule has 2 rings (SSSR count). The van der Waals surface area contributed by atoms with Gasteiger partial charge < -0.3 is 5.11 Å². The lowest BCUT2D eigenvalue weighted by molar-refractivity contribution is 0.213. The Morgan fingerprint density at radius 2 is 2.32 bits per heavy atom. The fraction of sp³-hybridized carbons (Fsp3) is 0.455. The number of nitriles is 1. The molecule has 1 aliphatic heterocycles. The molecule has 0 bridgehead atoms. The number of aliphatic hydroxyl groups excluding tert-OH is 1. The normalized spacial score (nSPS) is 24.3. The maximum absolute atomic E-state index is 13.3. The lowest BCUT2D eigenvalue weighted by Crippen LogP contribution is -2.37. The summed E-state index contributed by atoms with van der Waals surface area (Å²) in [4.78, 5) is 3.57. The van der Waals surface area contributed by atoms with Crippen LogP contribution in [0.1, 0.15) is 12.1 Å². The highest BCUT2D eigenvalue weighted by atomic mass is 32.2. The van der Waals surface area contributed by atoms with E-state index in [-0.39, 0.29) is 23.6 Å². The molecule has 102 valence electrons. The van der Waals surface area contributed by atoms with E-state index in [4.69, 9.17) is 10.4 Å². The Hall–Kier alpha value is -1.56. The predicted octanol–water partition coefficient (Wildman–Crippen LogP) is 0.0467. The number of alkyl halides is 1. The molecule has 0 aliphatic carbocycles. The van der Waals surface area contributed by atoms with Crippen molar-refractivity contribution in [3.8, 4) is 6.07 Å². The molecule has 0 saturated carbocycles. The van der Waals surface area contributed by atoms with Crippen LogP contribution in [0.25, 0.3) is 0 Å². The molecule has 6 nitrogen and oxygen atoms in total. The summed E-state index contributed by atoms with van der Waals surface area (Å²) in [7, 11) is -3.90. The molecule has 0 unspecified atom stereocenters. The molecule has 0 radical (unpaired) electrons. The summed E-state index contributed by atoms with van der Waals surface area (Å²) in [5.74, 6) is 0. The van der Waals surface area contributed by atoms with Gasteiger partial charge in [0.1, 0.15) is 22.8 Å². The van der Waals surface area contributed by atoms with Crippen LogP contribution in [0.3, 0.4) is 0 Å². The average molecular weight is 285 g/mol. The van der Waals surface area contributed by atoms with Gasteiger partial charge in [-0.2, -0.15) is 9.57 Å². The molecule has 1 aliphatic rings. The first-order valence-corrected chi connectivity index (χ1v) is 7.06. The summed E-state index contributed by atoms with van der Waals surface area (Å²) in [5, 5.41) is 17.7. The number of halogens is 1. The number of hydrogen-bond donors (Lipinski definition) is 1. The smallest absolute Gasteiger partial charge is 0.245 e. The Labute approximate surface area is 110 Å². The second-order valence-electron chi connectivity index (χ2n) is 4.24. The summed E-state index contributed by atoms with van der Waals surface area (Å²) in [6, 6.07) is 3.56. The van der Waals surface area contributed by atoms with Crippen LogP contribution in [0.2, 0.25) is 0 Å². The first-order valence-electron chi connectivity index (χ1n) is 5.62. The van der Waals surface area contributed by atoms with Gasteiger partial charge in [0.25, 0.3) is 0 Å². The fourth-order valence-electron chi connectivity index (χ4n) is 2.03.